The predicted molar refractivity (Wildman–Crippen MR) is 164 cm³/mol. The fourth-order valence-electron chi connectivity index (χ4n) is 5.02. The smallest absolute Gasteiger partial charge is 0.338 e. The predicted octanol–water partition coefficient (Wildman–Crippen LogP) is 9.51. The van der Waals surface area contributed by atoms with Gasteiger partial charge in [-0.2, -0.15) is 5.26 Å². The van der Waals surface area contributed by atoms with Crippen molar-refractivity contribution in [1.82, 2.24) is 0 Å². The third-order valence-corrected chi connectivity index (χ3v) is 6.90. The molecule has 1 atom stereocenters. The van der Waals surface area contributed by atoms with Gasteiger partial charge in [0.1, 0.15) is 0 Å². The largest absolute Gasteiger partial charge is 0.459 e. The maximum Gasteiger partial charge on any atom is 0.338 e. The molecule has 38 heavy (non-hydrogen) atoms. The first-order chi connectivity index (χ1) is 18.1. The number of carbonyl (C=O) groups is 1. The van der Waals surface area contributed by atoms with Gasteiger partial charge in [0.15, 0.2) is 0 Å². The van der Waals surface area contributed by atoms with E-state index in [4.69, 9.17) is 10.00 Å². The Morgan fingerprint density at radius 1 is 1.08 bits per heavy atom. The van der Waals surface area contributed by atoms with E-state index in [0.717, 1.165) is 47.5 Å². The number of carbonyl (C=O) groups excluding carboxylic acids is 1. The van der Waals surface area contributed by atoms with Crippen LogP contribution in [0.2, 0.25) is 0 Å². The highest BCUT2D eigenvalue weighted by atomic mass is 16.5. The van der Waals surface area contributed by atoms with Crippen molar-refractivity contribution in [3.63, 3.8) is 0 Å². The van der Waals surface area contributed by atoms with Crippen molar-refractivity contribution in [1.29, 1.82) is 5.26 Å². The highest BCUT2D eigenvalue weighted by Crippen LogP contribution is 2.36. The topological polar surface area (TPSA) is 62.4 Å². The van der Waals surface area contributed by atoms with E-state index in [1.54, 1.807) is 13.3 Å². The second-order valence-electron chi connectivity index (χ2n) is 10.5. The number of esters is 1. The Morgan fingerprint density at radius 3 is 2.13 bits per heavy atom. The molecule has 0 aliphatic heterocycles. The maximum atomic E-state index is 12.8. The van der Waals surface area contributed by atoms with Gasteiger partial charge >= 0.3 is 5.97 Å². The van der Waals surface area contributed by atoms with Crippen molar-refractivity contribution in [2.24, 2.45) is 22.7 Å². The molecule has 0 N–H and O–H groups in total. The fraction of sp³-hybridized carbons (Fsp3) is 0.618. The Bertz CT molecular complexity index is 930. The lowest BCUT2D eigenvalue weighted by Gasteiger charge is -2.24. The summed E-state index contributed by atoms with van der Waals surface area (Å²) in [6, 6.07) is 2.33. The Hall–Kier alpha value is -2.67. The van der Waals surface area contributed by atoms with Crippen LogP contribution in [-0.4, -0.2) is 25.3 Å². The van der Waals surface area contributed by atoms with E-state index in [1.807, 2.05) is 39.8 Å². The minimum atomic E-state index is -0.312. The maximum absolute atomic E-state index is 12.8. The van der Waals surface area contributed by atoms with Gasteiger partial charge in [0.05, 0.1) is 17.7 Å². The molecular formula is C34H54N2O2. The number of ether oxygens (including phenoxy) is 1. The fourth-order valence-corrected chi connectivity index (χ4v) is 5.02. The van der Waals surface area contributed by atoms with Gasteiger partial charge in [-0.1, -0.05) is 83.8 Å². The van der Waals surface area contributed by atoms with Gasteiger partial charge in [-0.05, 0) is 81.9 Å². The molecule has 0 aromatic rings. The molecule has 0 unspecified atom stereocenters. The molecule has 1 rings (SSSR count). The van der Waals surface area contributed by atoms with Crippen molar-refractivity contribution >= 4 is 12.2 Å². The normalized spacial score (nSPS) is 17.1. The average molecular weight is 523 g/mol. The summed E-state index contributed by atoms with van der Waals surface area (Å²) in [6.45, 7) is 18.3. The molecule has 0 bridgehead atoms. The summed E-state index contributed by atoms with van der Waals surface area (Å²) in [5.74, 6) is 1.89. The minimum Gasteiger partial charge on any atom is -0.459 e. The monoisotopic (exact) mass is 522 g/mol. The van der Waals surface area contributed by atoms with Crippen LogP contribution in [0.5, 0.6) is 0 Å². The Balaban J connectivity index is 0.000000942. The highest BCUT2D eigenvalue weighted by Gasteiger charge is 2.27. The molecule has 0 aromatic carbocycles. The molecule has 1 saturated carbocycles. The van der Waals surface area contributed by atoms with Crippen LogP contribution < -0.4 is 0 Å². The number of nitrogens with zero attached hydrogens (tertiary/aromatic N) is 2. The summed E-state index contributed by atoms with van der Waals surface area (Å²) < 4.78 is 5.49. The quantitative estimate of drug-likeness (QED) is 0.111. The second kappa shape index (κ2) is 20.3. The SMILES string of the molecule is C/C=C(C=NC)/C(=C(\C=C/CC)C(/C)=C/CC)C(=C\C)/C(=O)OC(C)C.CC(C)[C@H](CC#N)C1CCCC1. The van der Waals surface area contributed by atoms with Gasteiger partial charge in [-0.25, -0.2) is 4.79 Å². The van der Waals surface area contributed by atoms with E-state index < -0.39 is 0 Å². The van der Waals surface area contributed by atoms with Gasteiger partial charge in [0, 0.05) is 25.3 Å². The molecule has 0 spiro atoms. The summed E-state index contributed by atoms with van der Waals surface area (Å²) in [6.07, 6.45) is 19.9. The van der Waals surface area contributed by atoms with E-state index in [9.17, 15) is 4.79 Å². The first kappa shape index (κ1) is 35.3. The van der Waals surface area contributed by atoms with Crippen LogP contribution >= 0.6 is 0 Å². The lowest BCUT2D eigenvalue weighted by Crippen LogP contribution is -2.17. The molecular weight excluding hydrogens is 468 g/mol. The zero-order valence-electron chi connectivity index (χ0n) is 25.9. The van der Waals surface area contributed by atoms with Crippen molar-refractivity contribution < 1.29 is 9.53 Å². The first-order valence-corrected chi connectivity index (χ1v) is 14.5. The molecule has 0 saturated heterocycles. The Morgan fingerprint density at radius 2 is 1.71 bits per heavy atom. The lowest BCUT2D eigenvalue weighted by molar-refractivity contribution is -0.142. The van der Waals surface area contributed by atoms with Crippen LogP contribution in [0.25, 0.3) is 0 Å². The molecule has 0 radical (unpaired) electrons. The van der Waals surface area contributed by atoms with E-state index >= 15 is 0 Å². The molecule has 1 fully saturated rings. The molecule has 0 amide bonds. The van der Waals surface area contributed by atoms with E-state index in [0.29, 0.717) is 17.4 Å². The zero-order chi connectivity index (χ0) is 29.1. The lowest BCUT2D eigenvalue weighted by atomic mass is 9.80. The zero-order valence-corrected chi connectivity index (χ0v) is 25.9. The van der Waals surface area contributed by atoms with Gasteiger partial charge in [-0.15, -0.1) is 0 Å². The molecule has 1 aliphatic rings. The third-order valence-electron chi connectivity index (χ3n) is 6.90. The van der Waals surface area contributed by atoms with Gasteiger partial charge < -0.3 is 4.74 Å². The molecule has 4 heteroatoms. The van der Waals surface area contributed by atoms with Gasteiger partial charge in [0.2, 0.25) is 0 Å². The standard InChI is InChI=1S/C23H35NO2.C11H19N/c1-9-13-15-21(18(7)14-10-2)22(19(11-3)16-24-8)20(12-4)23(25)26-17(5)6;1-9(2)11(7-8-12)10-5-3-4-6-10/h11-17H,9-10H2,1-8H3;9-11H,3-7H2,1-2H3/b15-13-,18-14+,19-11+,20-12+,22-21-,24-16?;/t;11-/m.0/s1. The number of rotatable bonds is 12. The van der Waals surface area contributed by atoms with Gasteiger partial charge in [-0.3, -0.25) is 4.99 Å². The number of nitriles is 1. The van der Waals surface area contributed by atoms with Gasteiger partial charge in [0.25, 0.3) is 0 Å². The summed E-state index contributed by atoms with van der Waals surface area (Å²) in [5, 5.41) is 8.70. The summed E-state index contributed by atoms with van der Waals surface area (Å²) in [5.41, 5.74) is 4.48. The summed E-state index contributed by atoms with van der Waals surface area (Å²) in [4.78, 5) is 17.0. The van der Waals surface area contributed by atoms with Crippen LogP contribution in [0.15, 0.2) is 63.2 Å². The van der Waals surface area contributed by atoms with Crippen LogP contribution in [0, 0.1) is 29.1 Å². The van der Waals surface area contributed by atoms with Crippen LogP contribution in [0.3, 0.4) is 0 Å². The summed E-state index contributed by atoms with van der Waals surface area (Å²) >= 11 is 0. The number of hydrogen-bond donors (Lipinski definition) is 0. The van der Waals surface area contributed by atoms with E-state index in [1.165, 1.54) is 25.7 Å². The average Bonchev–Trinajstić information content (AvgIpc) is 3.40. The van der Waals surface area contributed by atoms with Crippen LogP contribution in [-0.2, 0) is 9.53 Å². The van der Waals surface area contributed by atoms with E-state index in [2.05, 4.69) is 63.9 Å². The Labute approximate surface area is 234 Å². The number of allylic oxidation sites excluding steroid dienone is 8. The molecule has 212 valence electrons. The van der Waals surface area contributed by atoms with Crippen molar-refractivity contribution in [2.75, 3.05) is 7.05 Å². The van der Waals surface area contributed by atoms with Crippen molar-refractivity contribution in [3.05, 3.63) is 58.2 Å². The number of aliphatic imine (C=N–C) groups is 1. The van der Waals surface area contributed by atoms with Crippen molar-refractivity contribution in [2.45, 2.75) is 113 Å². The molecule has 1 aliphatic carbocycles. The van der Waals surface area contributed by atoms with E-state index in [-0.39, 0.29) is 12.1 Å². The molecule has 0 aromatic heterocycles. The second-order valence-corrected chi connectivity index (χ2v) is 10.5. The Kier molecular flexibility index (Phi) is 18.9. The highest BCUT2D eigenvalue weighted by molar-refractivity contribution is 6.01. The summed E-state index contributed by atoms with van der Waals surface area (Å²) in [7, 11) is 1.74. The first-order valence-electron chi connectivity index (χ1n) is 14.5. The minimum absolute atomic E-state index is 0.172. The third kappa shape index (κ3) is 12.2. The number of hydrogen-bond acceptors (Lipinski definition) is 4. The molecule has 0 heterocycles. The molecule has 4 nitrogen and oxygen atoms in total. The van der Waals surface area contributed by atoms with Crippen LogP contribution in [0.1, 0.15) is 107 Å². The van der Waals surface area contributed by atoms with Crippen LogP contribution in [0.4, 0.5) is 0 Å². The van der Waals surface area contributed by atoms with Crippen molar-refractivity contribution in [3.8, 4) is 6.07 Å².